The lowest BCUT2D eigenvalue weighted by Crippen LogP contribution is -2.52. The highest BCUT2D eigenvalue weighted by molar-refractivity contribution is 5.76. The second kappa shape index (κ2) is 8.96. The standard InChI is InChI=1S/C22H34N2O3/c1-5-6-9-22(25)23-11-7-8-18(15-23)24-12-10-17-13-20(26-3)21(27-4)14-19(17)16(24)2/h13-14,16,18H,5-12,15H2,1-4H3/t16-,18+/m0/s1. The number of benzene rings is 1. The molecule has 0 spiro atoms. The molecule has 150 valence electrons. The quantitative estimate of drug-likeness (QED) is 0.759. The molecule has 1 aromatic carbocycles. The van der Waals surface area contributed by atoms with Crippen LogP contribution in [0.5, 0.6) is 11.5 Å². The summed E-state index contributed by atoms with van der Waals surface area (Å²) in [4.78, 5) is 17.2. The SMILES string of the molecule is CCCCC(=O)N1CCC[C@@H](N2CCc3cc(OC)c(OC)cc3[C@@H]2C)C1. The topological polar surface area (TPSA) is 42.0 Å². The monoisotopic (exact) mass is 374 g/mol. The lowest BCUT2D eigenvalue weighted by molar-refractivity contribution is -0.133. The first-order chi connectivity index (χ1) is 13.1. The van der Waals surface area contributed by atoms with Crippen molar-refractivity contribution in [1.82, 2.24) is 9.80 Å². The second-order valence-corrected chi connectivity index (χ2v) is 7.81. The molecule has 27 heavy (non-hydrogen) atoms. The second-order valence-electron chi connectivity index (χ2n) is 7.81. The maximum absolute atomic E-state index is 12.5. The number of unbranched alkanes of at least 4 members (excludes halogenated alkanes) is 1. The molecule has 0 aromatic heterocycles. The van der Waals surface area contributed by atoms with Gasteiger partial charge in [0.2, 0.25) is 5.91 Å². The van der Waals surface area contributed by atoms with Crippen molar-refractivity contribution in [2.45, 2.75) is 64.5 Å². The molecule has 1 saturated heterocycles. The van der Waals surface area contributed by atoms with E-state index in [0.717, 1.165) is 56.8 Å². The van der Waals surface area contributed by atoms with E-state index in [1.165, 1.54) is 17.5 Å². The van der Waals surface area contributed by atoms with Crippen molar-refractivity contribution in [3.05, 3.63) is 23.3 Å². The fourth-order valence-corrected chi connectivity index (χ4v) is 4.60. The summed E-state index contributed by atoms with van der Waals surface area (Å²) in [6, 6.07) is 5.03. The number of likely N-dealkylation sites (tertiary alicyclic amines) is 1. The summed E-state index contributed by atoms with van der Waals surface area (Å²) in [5.74, 6) is 1.94. The Morgan fingerprint density at radius 2 is 1.93 bits per heavy atom. The third-order valence-electron chi connectivity index (χ3n) is 6.19. The van der Waals surface area contributed by atoms with Crippen LogP contribution >= 0.6 is 0 Å². The van der Waals surface area contributed by atoms with Crippen LogP contribution in [0.4, 0.5) is 0 Å². The maximum atomic E-state index is 12.5. The van der Waals surface area contributed by atoms with Gasteiger partial charge in [0, 0.05) is 38.1 Å². The van der Waals surface area contributed by atoms with Gasteiger partial charge in [0.15, 0.2) is 11.5 Å². The summed E-state index contributed by atoms with van der Waals surface area (Å²) in [5, 5.41) is 0. The molecule has 0 radical (unpaired) electrons. The van der Waals surface area contributed by atoms with Crippen molar-refractivity contribution in [2.24, 2.45) is 0 Å². The number of rotatable bonds is 6. The number of carbonyl (C=O) groups is 1. The molecule has 5 heteroatoms. The van der Waals surface area contributed by atoms with E-state index >= 15 is 0 Å². The molecule has 2 aliphatic heterocycles. The van der Waals surface area contributed by atoms with E-state index in [0.29, 0.717) is 24.4 Å². The number of methoxy groups -OCH3 is 2. The number of piperidine rings is 1. The molecule has 2 heterocycles. The normalized spacial score (nSPS) is 23.0. The first kappa shape index (κ1) is 20.0. The van der Waals surface area contributed by atoms with E-state index in [1.54, 1.807) is 14.2 Å². The molecule has 1 aromatic rings. The smallest absolute Gasteiger partial charge is 0.222 e. The zero-order valence-electron chi connectivity index (χ0n) is 17.3. The fourth-order valence-electron chi connectivity index (χ4n) is 4.60. The van der Waals surface area contributed by atoms with Gasteiger partial charge in [-0.1, -0.05) is 13.3 Å². The Kier molecular flexibility index (Phi) is 6.64. The third-order valence-corrected chi connectivity index (χ3v) is 6.19. The number of amides is 1. The average molecular weight is 375 g/mol. The summed E-state index contributed by atoms with van der Waals surface area (Å²) in [6.07, 6.45) is 6.05. The van der Waals surface area contributed by atoms with Gasteiger partial charge in [-0.3, -0.25) is 9.69 Å². The minimum Gasteiger partial charge on any atom is -0.493 e. The summed E-state index contributed by atoms with van der Waals surface area (Å²) < 4.78 is 11.0. The van der Waals surface area contributed by atoms with Gasteiger partial charge in [-0.25, -0.2) is 0 Å². The molecular formula is C22H34N2O3. The van der Waals surface area contributed by atoms with Crippen molar-refractivity contribution in [2.75, 3.05) is 33.9 Å². The van der Waals surface area contributed by atoms with Crippen molar-refractivity contribution < 1.29 is 14.3 Å². The number of hydrogen-bond acceptors (Lipinski definition) is 4. The van der Waals surface area contributed by atoms with Crippen molar-refractivity contribution >= 4 is 5.91 Å². The van der Waals surface area contributed by atoms with Crippen LogP contribution in [0.3, 0.4) is 0 Å². The molecule has 0 bridgehead atoms. The molecular weight excluding hydrogens is 340 g/mol. The molecule has 2 aliphatic rings. The van der Waals surface area contributed by atoms with E-state index in [-0.39, 0.29) is 0 Å². The maximum Gasteiger partial charge on any atom is 0.222 e. The lowest BCUT2D eigenvalue weighted by atomic mass is 9.90. The van der Waals surface area contributed by atoms with Crippen LogP contribution in [0.15, 0.2) is 12.1 Å². The number of fused-ring (bicyclic) bond motifs is 1. The third kappa shape index (κ3) is 4.23. The summed E-state index contributed by atoms with van der Waals surface area (Å²) >= 11 is 0. The molecule has 0 N–H and O–H groups in total. The molecule has 5 nitrogen and oxygen atoms in total. The minimum atomic E-state index is 0.323. The van der Waals surface area contributed by atoms with Gasteiger partial charge in [-0.15, -0.1) is 0 Å². The highest BCUT2D eigenvalue weighted by atomic mass is 16.5. The Labute approximate surface area is 163 Å². The van der Waals surface area contributed by atoms with Gasteiger partial charge in [0.25, 0.3) is 0 Å². The Bertz CT molecular complexity index is 661. The van der Waals surface area contributed by atoms with Crippen LogP contribution in [-0.4, -0.2) is 55.6 Å². The predicted molar refractivity (Wildman–Crippen MR) is 107 cm³/mol. The average Bonchev–Trinajstić information content (AvgIpc) is 2.71. The van der Waals surface area contributed by atoms with E-state index in [1.807, 2.05) is 0 Å². The van der Waals surface area contributed by atoms with Crippen LogP contribution in [0, 0.1) is 0 Å². The Balaban J connectivity index is 1.74. The van der Waals surface area contributed by atoms with Gasteiger partial charge in [-0.05, 0) is 55.9 Å². The molecule has 1 amide bonds. The van der Waals surface area contributed by atoms with Crippen LogP contribution in [0.1, 0.15) is 63.1 Å². The van der Waals surface area contributed by atoms with Crippen molar-refractivity contribution in [3.63, 3.8) is 0 Å². The largest absolute Gasteiger partial charge is 0.493 e. The van der Waals surface area contributed by atoms with Crippen molar-refractivity contribution in [1.29, 1.82) is 0 Å². The van der Waals surface area contributed by atoms with Crippen LogP contribution in [0.25, 0.3) is 0 Å². The Hall–Kier alpha value is -1.75. The van der Waals surface area contributed by atoms with Gasteiger partial charge < -0.3 is 14.4 Å². The van der Waals surface area contributed by atoms with Gasteiger partial charge in [0.1, 0.15) is 0 Å². The van der Waals surface area contributed by atoms with Crippen molar-refractivity contribution in [3.8, 4) is 11.5 Å². The first-order valence-electron chi connectivity index (χ1n) is 10.4. The first-order valence-corrected chi connectivity index (χ1v) is 10.4. The zero-order chi connectivity index (χ0) is 19.4. The molecule has 0 unspecified atom stereocenters. The molecule has 3 rings (SSSR count). The highest BCUT2D eigenvalue weighted by Crippen LogP contribution is 2.39. The number of carbonyl (C=O) groups excluding carboxylic acids is 1. The van der Waals surface area contributed by atoms with E-state index in [2.05, 4.69) is 35.8 Å². The van der Waals surface area contributed by atoms with Crippen LogP contribution in [-0.2, 0) is 11.2 Å². The fraction of sp³-hybridized carbons (Fsp3) is 0.682. The van der Waals surface area contributed by atoms with E-state index < -0.39 is 0 Å². The summed E-state index contributed by atoms with van der Waals surface area (Å²) in [7, 11) is 3.38. The zero-order valence-corrected chi connectivity index (χ0v) is 17.3. The molecule has 2 atom stereocenters. The van der Waals surface area contributed by atoms with E-state index in [9.17, 15) is 4.79 Å². The van der Waals surface area contributed by atoms with Crippen LogP contribution < -0.4 is 9.47 Å². The number of nitrogens with zero attached hydrogens (tertiary/aromatic N) is 2. The summed E-state index contributed by atoms with van der Waals surface area (Å²) in [5.41, 5.74) is 2.68. The molecule has 0 aliphatic carbocycles. The number of hydrogen-bond donors (Lipinski definition) is 0. The predicted octanol–water partition coefficient (Wildman–Crippen LogP) is 3.80. The van der Waals surface area contributed by atoms with Gasteiger partial charge in [-0.2, -0.15) is 0 Å². The molecule has 1 fully saturated rings. The molecule has 0 saturated carbocycles. The summed E-state index contributed by atoms with van der Waals surface area (Å²) in [6.45, 7) is 7.24. The van der Waals surface area contributed by atoms with E-state index in [4.69, 9.17) is 9.47 Å². The highest BCUT2D eigenvalue weighted by Gasteiger charge is 2.34. The minimum absolute atomic E-state index is 0.323. The number of ether oxygens (including phenoxy) is 2. The Morgan fingerprint density at radius 3 is 2.63 bits per heavy atom. The Morgan fingerprint density at radius 1 is 1.19 bits per heavy atom. The van der Waals surface area contributed by atoms with Gasteiger partial charge in [0.05, 0.1) is 14.2 Å². The van der Waals surface area contributed by atoms with Gasteiger partial charge >= 0.3 is 0 Å². The lowest BCUT2D eigenvalue weighted by Gasteiger charge is -2.45. The van der Waals surface area contributed by atoms with Crippen LogP contribution in [0.2, 0.25) is 0 Å².